The summed E-state index contributed by atoms with van der Waals surface area (Å²) in [6, 6.07) is 64.0. The molecule has 12 aromatic rings. The van der Waals surface area contributed by atoms with E-state index in [0.29, 0.717) is 0 Å². The first-order valence-electron chi connectivity index (χ1n) is 27.2. The van der Waals surface area contributed by atoms with Crippen molar-refractivity contribution in [3.63, 3.8) is 0 Å². The van der Waals surface area contributed by atoms with Crippen molar-refractivity contribution in [1.82, 2.24) is 4.57 Å². The van der Waals surface area contributed by atoms with Crippen LogP contribution < -0.4 is 20.6 Å². The van der Waals surface area contributed by atoms with Gasteiger partial charge in [-0.2, -0.15) is 0 Å². The van der Waals surface area contributed by atoms with E-state index >= 15 is 0 Å². The molecule has 2 aliphatic heterocycles. The van der Waals surface area contributed by atoms with Crippen molar-refractivity contribution in [3.05, 3.63) is 192 Å². The number of anilines is 5. The van der Waals surface area contributed by atoms with Crippen molar-refractivity contribution in [1.29, 1.82) is 0 Å². The van der Waals surface area contributed by atoms with Crippen LogP contribution in [0, 0.1) is 0 Å². The highest BCUT2D eigenvalue weighted by atomic mass is 16.3. The van der Waals surface area contributed by atoms with Crippen LogP contribution in [0.5, 0.6) is 0 Å². The number of hydrogen-bond acceptors (Lipinski definition) is 4. The second kappa shape index (κ2) is 15.8. The average Bonchev–Trinajstić information content (AvgIpc) is 3.75. The summed E-state index contributed by atoms with van der Waals surface area (Å²) >= 11 is 0. The Morgan fingerprint density at radius 3 is 1.57 bits per heavy atom. The van der Waals surface area contributed by atoms with Crippen molar-refractivity contribution < 1.29 is 8.83 Å². The zero-order valence-electron chi connectivity index (χ0n) is 45.9. The van der Waals surface area contributed by atoms with Crippen LogP contribution in [0.2, 0.25) is 0 Å². The van der Waals surface area contributed by atoms with Gasteiger partial charge in [0.2, 0.25) is 0 Å². The molecule has 0 aliphatic carbocycles. The van der Waals surface area contributed by atoms with E-state index in [4.69, 9.17) is 8.83 Å². The smallest absolute Gasteiger partial charge is 0.333 e. The van der Waals surface area contributed by atoms with E-state index in [1.54, 1.807) is 0 Å². The number of furan rings is 2. The first kappa shape index (κ1) is 46.6. The van der Waals surface area contributed by atoms with Gasteiger partial charge in [-0.05, 0) is 128 Å². The van der Waals surface area contributed by atoms with Crippen LogP contribution in [-0.2, 0) is 21.7 Å². The van der Waals surface area contributed by atoms with Gasteiger partial charge in [0.25, 0.3) is 0 Å². The third-order valence-corrected chi connectivity index (χ3v) is 16.8. The number of rotatable bonds is 4. The fourth-order valence-corrected chi connectivity index (χ4v) is 12.7. The Morgan fingerprint density at radius 1 is 0.421 bits per heavy atom. The van der Waals surface area contributed by atoms with Crippen molar-refractivity contribution >= 4 is 112 Å². The molecule has 0 N–H and O–H groups in total. The molecule has 0 bridgehead atoms. The highest BCUT2D eigenvalue weighted by Crippen LogP contribution is 2.53. The Bertz CT molecular complexity index is 4310. The fourth-order valence-electron chi connectivity index (χ4n) is 12.7. The first-order chi connectivity index (χ1) is 36.2. The van der Waals surface area contributed by atoms with Gasteiger partial charge in [-0.15, -0.1) is 0 Å². The number of benzene rings is 9. The SMILES string of the molecule is CC(C)(C)c1ccc(N2B3c4cc(C(C)(C)C)ccc4-n4c5cc(N(c6ccc(C(C)(C)C)cc6)c6ccc(C(C)(C)C)cc6)ccc5c5c6c(oc7ccccc76)c(c3c54)-c3cc4c(cc32)oc2ccccc24)cc1. The minimum Gasteiger partial charge on any atom is -0.456 e. The number of fused-ring (bicyclic) bond motifs is 16. The quantitative estimate of drug-likeness (QED) is 0.165. The van der Waals surface area contributed by atoms with Crippen LogP contribution in [0.25, 0.3) is 82.5 Å². The predicted octanol–water partition coefficient (Wildman–Crippen LogP) is 18.5. The van der Waals surface area contributed by atoms with Crippen molar-refractivity contribution in [3.8, 4) is 16.8 Å². The fraction of sp³-hybridized carbons (Fsp3) is 0.229. The molecule has 0 fully saturated rings. The molecule has 0 amide bonds. The molecule has 2 aliphatic rings. The average molecular weight is 990 g/mol. The third kappa shape index (κ3) is 6.84. The minimum absolute atomic E-state index is 0.00931. The molecule has 0 saturated carbocycles. The van der Waals surface area contributed by atoms with Gasteiger partial charge in [-0.25, -0.2) is 0 Å². The summed E-state index contributed by atoms with van der Waals surface area (Å²) in [4.78, 5) is 5.06. The number of nitrogens with zero attached hydrogens (tertiary/aromatic N) is 3. The predicted molar refractivity (Wildman–Crippen MR) is 324 cm³/mol. The highest BCUT2D eigenvalue weighted by molar-refractivity contribution is 6.94. The maximum absolute atomic E-state index is 7.37. The molecule has 5 nitrogen and oxygen atoms in total. The van der Waals surface area contributed by atoms with Crippen LogP contribution in [0.1, 0.15) is 105 Å². The Hall–Kier alpha value is -7.96. The second-order valence-corrected chi connectivity index (χ2v) is 25.8. The first-order valence-corrected chi connectivity index (χ1v) is 27.2. The van der Waals surface area contributed by atoms with E-state index in [0.717, 1.165) is 89.0 Å². The Labute approximate surface area is 446 Å². The molecule has 14 rings (SSSR count). The van der Waals surface area contributed by atoms with Gasteiger partial charge in [0.15, 0.2) is 0 Å². The molecule has 6 heteroatoms. The lowest BCUT2D eigenvalue weighted by molar-refractivity contribution is 0.590. The van der Waals surface area contributed by atoms with Crippen molar-refractivity contribution in [2.45, 2.75) is 105 Å². The molecule has 374 valence electrons. The lowest BCUT2D eigenvalue weighted by Crippen LogP contribution is -2.60. The molecule has 9 aromatic carbocycles. The number of aromatic nitrogens is 1. The van der Waals surface area contributed by atoms with E-state index < -0.39 is 0 Å². The Kier molecular flexibility index (Phi) is 9.68. The molecular formula is C70H64BN3O2. The van der Waals surface area contributed by atoms with E-state index in [2.05, 4.69) is 267 Å². The molecule has 0 spiro atoms. The van der Waals surface area contributed by atoms with Crippen molar-refractivity contribution in [2.75, 3.05) is 9.71 Å². The second-order valence-electron chi connectivity index (χ2n) is 25.8. The summed E-state index contributed by atoms with van der Waals surface area (Å²) in [5.74, 6) is 0. The van der Waals surface area contributed by atoms with Crippen LogP contribution in [0.4, 0.5) is 28.4 Å². The number of hydrogen-bond donors (Lipinski definition) is 0. The third-order valence-electron chi connectivity index (χ3n) is 16.8. The summed E-state index contributed by atoms with van der Waals surface area (Å²) in [5.41, 5.74) is 22.6. The van der Waals surface area contributed by atoms with E-state index in [1.807, 2.05) is 0 Å². The molecular weight excluding hydrogens is 926 g/mol. The van der Waals surface area contributed by atoms with Crippen molar-refractivity contribution in [2.24, 2.45) is 0 Å². The normalized spacial score (nSPS) is 13.7. The molecule has 5 heterocycles. The summed E-state index contributed by atoms with van der Waals surface area (Å²) < 4.78 is 16.8. The zero-order valence-corrected chi connectivity index (χ0v) is 45.9. The molecule has 0 unspecified atom stereocenters. The summed E-state index contributed by atoms with van der Waals surface area (Å²) in [5, 5.41) is 6.87. The van der Waals surface area contributed by atoms with Gasteiger partial charge >= 0.3 is 6.85 Å². The molecule has 0 radical (unpaired) electrons. The van der Waals surface area contributed by atoms with E-state index in [9.17, 15) is 0 Å². The Morgan fingerprint density at radius 2 is 0.961 bits per heavy atom. The highest BCUT2D eigenvalue weighted by Gasteiger charge is 2.47. The lowest BCUT2D eigenvalue weighted by Gasteiger charge is -2.42. The summed E-state index contributed by atoms with van der Waals surface area (Å²) in [7, 11) is 0. The van der Waals surface area contributed by atoms with Crippen LogP contribution in [0.15, 0.2) is 179 Å². The maximum Gasteiger partial charge on any atom is 0.333 e. The summed E-state index contributed by atoms with van der Waals surface area (Å²) in [6.07, 6.45) is 0. The zero-order chi connectivity index (χ0) is 52.5. The standard InChI is InChI=1S/C70H64BN3O2/c1-67(2,3)41-21-28-45(29-22-41)72(46-30-23-42(24-31-46)68(4,5)6)48-34-35-50-56(38-48)73-55-36-27-44(70(10,11)12)37-54(55)71-64-63(66-62(61(50)65(64)73)51-18-14-16-20-59(51)76-66)53-39-52-49-17-13-15-19-58(49)75-60(52)40-57(53)74(71)47-32-25-43(26-33-47)69(7,8)9/h13-40H,1-12H3. The van der Waals surface area contributed by atoms with Crippen LogP contribution in [0.3, 0.4) is 0 Å². The van der Waals surface area contributed by atoms with Gasteiger partial charge < -0.3 is 23.1 Å². The molecule has 0 atom stereocenters. The van der Waals surface area contributed by atoms with Gasteiger partial charge in [0.05, 0.1) is 11.0 Å². The van der Waals surface area contributed by atoms with Gasteiger partial charge in [0.1, 0.15) is 22.3 Å². The van der Waals surface area contributed by atoms with Gasteiger partial charge in [-0.1, -0.05) is 174 Å². The Balaban J connectivity index is 1.14. The largest absolute Gasteiger partial charge is 0.456 e. The summed E-state index contributed by atoms with van der Waals surface area (Å²) in [6.45, 7) is 27.4. The minimum atomic E-state index is -0.224. The molecule has 76 heavy (non-hydrogen) atoms. The van der Waals surface area contributed by atoms with Crippen LogP contribution in [-0.4, -0.2) is 11.4 Å². The molecule has 3 aromatic heterocycles. The molecule has 0 saturated heterocycles. The van der Waals surface area contributed by atoms with E-state index in [1.165, 1.54) is 55.2 Å². The van der Waals surface area contributed by atoms with Gasteiger partial charge in [0, 0.05) is 83.6 Å². The maximum atomic E-state index is 7.37. The van der Waals surface area contributed by atoms with Crippen LogP contribution >= 0.6 is 0 Å². The number of para-hydroxylation sites is 2. The van der Waals surface area contributed by atoms with Gasteiger partial charge in [-0.3, -0.25) is 0 Å². The topological polar surface area (TPSA) is 37.7 Å². The monoisotopic (exact) mass is 990 g/mol. The lowest BCUT2D eigenvalue weighted by atomic mass is 9.43. The van der Waals surface area contributed by atoms with E-state index in [-0.39, 0.29) is 28.5 Å².